The Balaban J connectivity index is 3.32. The van der Waals surface area contributed by atoms with Crippen LogP contribution in [0.3, 0.4) is 0 Å². The minimum Gasteiger partial charge on any atom is -0.480 e. The molecule has 21 heavy (non-hydrogen) atoms. The van der Waals surface area contributed by atoms with Crippen molar-refractivity contribution in [2.45, 2.75) is 31.6 Å². The fourth-order valence-electron chi connectivity index (χ4n) is 2.20. The molecule has 4 nitrogen and oxygen atoms in total. The topological polar surface area (TPSA) is 63.6 Å². The summed E-state index contributed by atoms with van der Waals surface area (Å²) < 4.78 is 18.4. The van der Waals surface area contributed by atoms with E-state index in [4.69, 9.17) is 4.74 Å². The van der Waals surface area contributed by atoms with Crippen molar-refractivity contribution in [3.05, 3.63) is 48.3 Å². The van der Waals surface area contributed by atoms with Crippen molar-refractivity contribution in [1.82, 2.24) is 0 Å². The number of benzene rings is 1. The van der Waals surface area contributed by atoms with Gasteiger partial charge in [0.25, 0.3) is 0 Å². The van der Waals surface area contributed by atoms with Gasteiger partial charge in [0.1, 0.15) is 5.82 Å². The van der Waals surface area contributed by atoms with E-state index < -0.39 is 23.2 Å². The van der Waals surface area contributed by atoms with Crippen LogP contribution in [0.15, 0.2) is 36.9 Å². The van der Waals surface area contributed by atoms with Gasteiger partial charge in [-0.25, -0.2) is 4.39 Å². The summed E-state index contributed by atoms with van der Waals surface area (Å²) in [6, 6.07) is 5.08. The van der Waals surface area contributed by atoms with Gasteiger partial charge in [-0.1, -0.05) is 18.2 Å². The van der Waals surface area contributed by atoms with Crippen molar-refractivity contribution in [2.75, 3.05) is 6.61 Å². The predicted octanol–water partition coefficient (Wildman–Crippen LogP) is 3.07. The number of rotatable bonds is 8. The highest BCUT2D eigenvalue weighted by Crippen LogP contribution is 2.33. The Bertz CT molecular complexity index is 527. The first-order chi connectivity index (χ1) is 9.98. The number of aliphatic carboxylic acids is 1. The predicted molar refractivity (Wildman–Crippen MR) is 76.4 cm³/mol. The number of halogens is 1. The van der Waals surface area contributed by atoms with Crippen LogP contribution in [0.25, 0.3) is 0 Å². The maximum Gasteiger partial charge on any atom is 0.328 e. The van der Waals surface area contributed by atoms with Gasteiger partial charge in [0, 0.05) is 0 Å². The number of carbonyl (C=O) groups is 2. The average molecular weight is 294 g/mol. The minimum atomic E-state index is -1.89. The average Bonchev–Trinajstić information content (AvgIpc) is 2.43. The molecule has 1 N–H and O–H groups in total. The molecule has 0 saturated heterocycles. The van der Waals surface area contributed by atoms with Gasteiger partial charge in [-0.2, -0.15) is 0 Å². The number of carboxylic acid groups (broad SMARTS) is 1. The molecule has 0 aromatic heterocycles. The highest BCUT2D eigenvalue weighted by molar-refractivity contribution is 6.05. The molecule has 0 amide bonds. The summed E-state index contributed by atoms with van der Waals surface area (Å²) in [6.07, 6.45) is 2.66. The lowest BCUT2D eigenvalue weighted by molar-refractivity contribution is -0.162. The maximum atomic E-state index is 13.4. The monoisotopic (exact) mass is 294 g/mol. The third kappa shape index (κ3) is 3.68. The molecular formula is C16H19FO4. The molecule has 5 heteroatoms. The zero-order valence-corrected chi connectivity index (χ0v) is 12.0. The molecule has 0 aliphatic carbocycles. The lowest BCUT2D eigenvalue weighted by atomic mass is 9.76. The highest BCUT2D eigenvalue weighted by atomic mass is 19.1. The van der Waals surface area contributed by atoms with E-state index in [1.54, 1.807) is 13.0 Å². The molecule has 1 aromatic rings. The molecule has 0 saturated carbocycles. The number of carbonyl (C=O) groups excluding carboxylic acids is 1. The smallest absolute Gasteiger partial charge is 0.328 e. The van der Waals surface area contributed by atoms with Crippen LogP contribution in [0.5, 0.6) is 0 Å². The second-order valence-electron chi connectivity index (χ2n) is 4.62. The van der Waals surface area contributed by atoms with E-state index in [1.165, 1.54) is 18.2 Å². The van der Waals surface area contributed by atoms with Crippen molar-refractivity contribution in [1.29, 1.82) is 0 Å². The SMILES string of the molecule is C=CCCCC(C(=O)O)(C(=O)OCC)c1cccc(F)c1. The summed E-state index contributed by atoms with van der Waals surface area (Å²) >= 11 is 0. The number of unbranched alkanes of at least 4 members (excludes halogenated alkanes) is 1. The molecule has 0 aliphatic heterocycles. The molecule has 1 atom stereocenters. The lowest BCUT2D eigenvalue weighted by Gasteiger charge is -2.27. The molecule has 0 spiro atoms. The van der Waals surface area contributed by atoms with Crippen molar-refractivity contribution >= 4 is 11.9 Å². The number of hydrogen-bond acceptors (Lipinski definition) is 3. The molecule has 0 fully saturated rings. The molecule has 1 rings (SSSR count). The van der Waals surface area contributed by atoms with Gasteiger partial charge >= 0.3 is 11.9 Å². The summed E-state index contributed by atoms with van der Waals surface area (Å²) in [7, 11) is 0. The Labute approximate surface area is 123 Å². The number of esters is 1. The van der Waals surface area contributed by atoms with Crippen LogP contribution in [0.4, 0.5) is 4.39 Å². The quantitative estimate of drug-likeness (QED) is 0.346. The molecule has 0 aliphatic rings. The fraction of sp³-hybridized carbons (Fsp3) is 0.375. The highest BCUT2D eigenvalue weighted by Gasteiger charge is 2.49. The van der Waals surface area contributed by atoms with E-state index >= 15 is 0 Å². The van der Waals surface area contributed by atoms with Gasteiger partial charge in [-0.05, 0) is 43.9 Å². The van der Waals surface area contributed by atoms with Crippen molar-refractivity contribution in [3.8, 4) is 0 Å². The van der Waals surface area contributed by atoms with Gasteiger partial charge in [-0.3, -0.25) is 9.59 Å². The second kappa shape index (κ2) is 7.57. The first kappa shape index (κ1) is 16.9. The van der Waals surface area contributed by atoms with Crippen LogP contribution in [0, 0.1) is 5.82 Å². The molecule has 0 bridgehead atoms. The summed E-state index contributed by atoms with van der Waals surface area (Å²) in [4.78, 5) is 24.1. The van der Waals surface area contributed by atoms with Crippen LogP contribution in [-0.2, 0) is 19.7 Å². The van der Waals surface area contributed by atoms with Crippen molar-refractivity contribution < 1.29 is 23.8 Å². The fourth-order valence-corrected chi connectivity index (χ4v) is 2.20. The van der Waals surface area contributed by atoms with Crippen LogP contribution in [0.1, 0.15) is 31.7 Å². The van der Waals surface area contributed by atoms with Crippen molar-refractivity contribution in [2.24, 2.45) is 0 Å². The molecule has 0 radical (unpaired) electrons. The maximum absolute atomic E-state index is 13.4. The lowest BCUT2D eigenvalue weighted by Crippen LogP contribution is -2.45. The van der Waals surface area contributed by atoms with E-state index in [9.17, 15) is 19.1 Å². The zero-order valence-electron chi connectivity index (χ0n) is 12.0. The van der Waals surface area contributed by atoms with Crippen LogP contribution >= 0.6 is 0 Å². The van der Waals surface area contributed by atoms with E-state index in [1.807, 2.05) is 0 Å². The van der Waals surface area contributed by atoms with Crippen LogP contribution in [0.2, 0.25) is 0 Å². The first-order valence-corrected chi connectivity index (χ1v) is 6.76. The Kier molecular flexibility index (Phi) is 6.09. The second-order valence-corrected chi connectivity index (χ2v) is 4.62. The van der Waals surface area contributed by atoms with E-state index in [0.717, 1.165) is 6.07 Å². The van der Waals surface area contributed by atoms with E-state index in [2.05, 4.69) is 6.58 Å². The number of hydrogen-bond donors (Lipinski definition) is 1. The van der Waals surface area contributed by atoms with Gasteiger partial charge in [-0.15, -0.1) is 6.58 Å². The Hall–Kier alpha value is -2.17. The largest absolute Gasteiger partial charge is 0.480 e. The molecular weight excluding hydrogens is 275 g/mol. The molecule has 1 unspecified atom stereocenters. The van der Waals surface area contributed by atoms with Gasteiger partial charge in [0.05, 0.1) is 6.61 Å². The Morgan fingerprint density at radius 1 is 1.48 bits per heavy atom. The summed E-state index contributed by atoms with van der Waals surface area (Å²) in [6.45, 7) is 5.23. The molecule has 1 aromatic carbocycles. The van der Waals surface area contributed by atoms with Crippen LogP contribution < -0.4 is 0 Å². The molecule has 0 heterocycles. The number of carboxylic acids is 1. The van der Waals surface area contributed by atoms with Gasteiger partial charge in [0.2, 0.25) is 0 Å². The van der Waals surface area contributed by atoms with Crippen LogP contribution in [-0.4, -0.2) is 23.7 Å². The zero-order chi connectivity index (χ0) is 15.9. The minimum absolute atomic E-state index is 0.0244. The standard InChI is InChI=1S/C16H19FO4/c1-3-5-6-10-16(14(18)19,15(20)21-4-2)12-8-7-9-13(17)11-12/h3,7-9,11H,1,4-6,10H2,2H3,(H,18,19). The summed E-state index contributed by atoms with van der Waals surface area (Å²) in [5.74, 6) is -2.80. The van der Waals surface area contributed by atoms with Crippen molar-refractivity contribution in [3.63, 3.8) is 0 Å². The molecule has 114 valence electrons. The Morgan fingerprint density at radius 3 is 2.71 bits per heavy atom. The van der Waals surface area contributed by atoms with E-state index in [0.29, 0.717) is 12.8 Å². The Morgan fingerprint density at radius 2 is 2.19 bits per heavy atom. The summed E-state index contributed by atoms with van der Waals surface area (Å²) in [5.41, 5.74) is -1.79. The summed E-state index contributed by atoms with van der Waals surface area (Å²) in [5, 5.41) is 9.62. The van der Waals surface area contributed by atoms with Gasteiger partial charge in [0.15, 0.2) is 5.41 Å². The first-order valence-electron chi connectivity index (χ1n) is 6.76. The van der Waals surface area contributed by atoms with Gasteiger partial charge < -0.3 is 9.84 Å². The third-order valence-electron chi connectivity index (χ3n) is 3.27. The normalized spacial score (nSPS) is 13.2. The third-order valence-corrected chi connectivity index (χ3v) is 3.27. The number of ether oxygens (including phenoxy) is 1. The number of allylic oxidation sites excluding steroid dienone is 1. The van der Waals surface area contributed by atoms with E-state index in [-0.39, 0.29) is 18.6 Å².